The van der Waals surface area contributed by atoms with E-state index in [0.29, 0.717) is 16.0 Å². The molecule has 1 aromatic carbocycles. The van der Waals surface area contributed by atoms with Crippen LogP contribution in [0.1, 0.15) is 35.7 Å². The zero-order valence-corrected chi connectivity index (χ0v) is 9.13. The zero-order valence-electron chi connectivity index (χ0n) is 7.54. The summed E-state index contributed by atoms with van der Waals surface area (Å²) in [6.07, 6.45) is 0. The van der Waals surface area contributed by atoms with Crippen LogP contribution in [0.2, 0.25) is 0 Å². The highest BCUT2D eigenvalue weighted by atomic mass is 79.9. The molecule has 0 heterocycles. The van der Waals surface area contributed by atoms with Crippen LogP contribution in [0.25, 0.3) is 0 Å². The molecule has 70 valence electrons. The second-order valence-corrected chi connectivity index (χ2v) is 4.05. The van der Waals surface area contributed by atoms with Crippen LogP contribution in [-0.2, 0) is 0 Å². The van der Waals surface area contributed by atoms with Gasteiger partial charge in [0.2, 0.25) is 0 Å². The van der Waals surface area contributed by atoms with Crippen molar-refractivity contribution >= 4 is 21.9 Å². The van der Waals surface area contributed by atoms with Crippen molar-refractivity contribution < 1.29 is 9.90 Å². The van der Waals surface area contributed by atoms with Crippen LogP contribution < -0.4 is 0 Å². The summed E-state index contributed by atoms with van der Waals surface area (Å²) < 4.78 is 0.645. The molecule has 0 amide bonds. The smallest absolute Gasteiger partial charge is 0.336 e. The molecular formula is C10H11BrO2. The number of carbonyl (C=O) groups is 1. The van der Waals surface area contributed by atoms with Crippen molar-refractivity contribution in [3.8, 4) is 0 Å². The molecule has 0 spiro atoms. The molecule has 0 saturated heterocycles. The molecule has 2 nitrogen and oxygen atoms in total. The Labute approximate surface area is 85.7 Å². The van der Waals surface area contributed by atoms with Gasteiger partial charge in [0.05, 0.1) is 5.56 Å². The Hall–Kier alpha value is -0.830. The largest absolute Gasteiger partial charge is 0.478 e. The average molecular weight is 243 g/mol. The van der Waals surface area contributed by atoms with Gasteiger partial charge in [0, 0.05) is 4.47 Å². The van der Waals surface area contributed by atoms with E-state index < -0.39 is 5.97 Å². The summed E-state index contributed by atoms with van der Waals surface area (Å²) in [6.45, 7) is 4.14. The molecule has 0 aliphatic rings. The van der Waals surface area contributed by atoms with E-state index in [0.717, 1.165) is 5.56 Å². The molecule has 0 saturated carbocycles. The predicted molar refractivity (Wildman–Crippen MR) is 55.2 cm³/mol. The van der Waals surface area contributed by atoms with Crippen LogP contribution in [0.5, 0.6) is 0 Å². The first-order valence-corrected chi connectivity index (χ1v) is 4.84. The van der Waals surface area contributed by atoms with Crippen LogP contribution in [0.3, 0.4) is 0 Å². The van der Waals surface area contributed by atoms with E-state index in [1.165, 1.54) is 0 Å². The molecule has 0 fully saturated rings. The third kappa shape index (κ3) is 2.31. The minimum absolute atomic E-state index is 0.310. The quantitative estimate of drug-likeness (QED) is 0.865. The number of benzene rings is 1. The molecule has 0 aromatic heterocycles. The monoisotopic (exact) mass is 242 g/mol. The maximum Gasteiger partial charge on any atom is 0.336 e. The fourth-order valence-corrected chi connectivity index (χ4v) is 1.63. The molecule has 13 heavy (non-hydrogen) atoms. The highest BCUT2D eigenvalue weighted by molar-refractivity contribution is 9.10. The van der Waals surface area contributed by atoms with Crippen molar-refractivity contribution in [2.45, 2.75) is 19.8 Å². The summed E-state index contributed by atoms with van der Waals surface area (Å²) in [5, 5.41) is 8.77. The standard InChI is InChI=1S/C10H11BrO2/c1-6(2)7-3-4-8(10(12)13)9(11)5-7/h3-6H,1-2H3,(H,12,13). The molecule has 0 radical (unpaired) electrons. The number of rotatable bonds is 2. The van der Waals surface area contributed by atoms with E-state index >= 15 is 0 Å². The molecule has 0 unspecified atom stereocenters. The van der Waals surface area contributed by atoms with E-state index in [9.17, 15) is 4.79 Å². The van der Waals surface area contributed by atoms with E-state index in [-0.39, 0.29) is 0 Å². The van der Waals surface area contributed by atoms with Crippen molar-refractivity contribution in [1.29, 1.82) is 0 Å². The van der Waals surface area contributed by atoms with Crippen molar-refractivity contribution in [3.05, 3.63) is 33.8 Å². The lowest BCUT2D eigenvalue weighted by Crippen LogP contribution is -1.98. The van der Waals surface area contributed by atoms with Crippen LogP contribution in [0.15, 0.2) is 22.7 Å². The van der Waals surface area contributed by atoms with Gasteiger partial charge in [-0.25, -0.2) is 4.79 Å². The first-order valence-electron chi connectivity index (χ1n) is 4.05. The minimum Gasteiger partial charge on any atom is -0.478 e. The van der Waals surface area contributed by atoms with Crippen LogP contribution in [-0.4, -0.2) is 11.1 Å². The Morgan fingerprint density at radius 2 is 2.08 bits per heavy atom. The average Bonchev–Trinajstić information content (AvgIpc) is 2.03. The number of aromatic carboxylic acids is 1. The third-order valence-electron chi connectivity index (χ3n) is 1.89. The lowest BCUT2D eigenvalue weighted by molar-refractivity contribution is 0.0696. The number of halogens is 1. The Kier molecular flexibility index (Phi) is 3.09. The van der Waals surface area contributed by atoms with Gasteiger partial charge in [0.1, 0.15) is 0 Å². The van der Waals surface area contributed by atoms with Gasteiger partial charge in [0.25, 0.3) is 0 Å². The van der Waals surface area contributed by atoms with Crippen LogP contribution in [0.4, 0.5) is 0 Å². The maximum atomic E-state index is 10.7. The molecule has 0 bridgehead atoms. The summed E-state index contributed by atoms with van der Waals surface area (Å²) in [4.78, 5) is 10.7. The minimum atomic E-state index is -0.901. The highest BCUT2D eigenvalue weighted by Gasteiger charge is 2.09. The van der Waals surface area contributed by atoms with Crippen molar-refractivity contribution in [2.24, 2.45) is 0 Å². The summed E-state index contributed by atoms with van der Waals surface area (Å²) >= 11 is 3.24. The maximum absolute atomic E-state index is 10.7. The summed E-state index contributed by atoms with van der Waals surface area (Å²) in [6, 6.07) is 5.33. The van der Waals surface area contributed by atoms with Gasteiger partial charge >= 0.3 is 5.97 Å². The fourth-order valence-electron chi connectivity index (χ4n) is 1.06. The molecular weight excluding hydrogens is 232 g/mol. The Bertz CT molecular complexity index is 332. The van der Waals surface area contributed by atoms with Gasteiger partial charge in [-0.3, -0.25) is 0 Å². The van der Waals surface area contributed by atoms with E-state index in [2.05, 4.69) is 29.8 Å². The highest BCUT2D eigenvalue weighted by Crippen LogP contribution is 2.23. The number of hydrogen-bond donors (Lipinski definition) is 1. The predicted octanol–water partition coefficient (Wildman–Crippen LogP) is 3.27. The Balaban J connectivity index is 3.13. The first kappa shape index (κ1) is 10.3. The Morgan fingerprint density at radius 1 is 1.46 bits per heavy atom. The molecule has 0 aliphatic carbocycles. The topological polar surface area (TPSA) is 37.3 Å². The van der Waals surface area contributed by atoms with Crippen molar-refractivity contribution in [3.63, 3.8) is 0 Å². The first-order chi connectivity index (χ1) is 6.02. The van der Waals surface area contributed by atoms with Crippen LogP contribution in [0, 0.1) is 0 Å². The van der Waals surface area contributed by atoms with E-state index in [1.807, 2.05) is 12.1 Å². The lowest BCUT2D eigenvalue weighted by Gasteiger charge is -2.06. The third-order valence-corrected chi connectivity index (χ3v) is 2.55. The van der Waals surface area contributed by atoms with Gasteiger partial charge in [-0.2, -0.15) is 0 Å². The number of hydrogen-bond acceptors (Lipinski definition) is 1. The van der Waals surface area contributed by atoms with E-state index in [1.54, 1.807) is 6.07 Å². The molecule has 3 heteroatoms. The SMILES string of the molecule is CC(C)c1ccc(C(=O)O)c(Br)c1. The van der Waals surface area contributed by atoms with Gasteiger partial charge in [-0.1, -0.05) is 19.9 Å². The molecule has 0 aliphatic heterocycles. The van der Waals surface area contributed by atoms with Gasteiger partial charge in [0.15, 0.2) is 0 Å². The zero-order chi connectivity index (χ0) is 10.0. The van der Waals surface area contributed by atoms with Crippen LogP contribution >= 0.6 is 15.9 Å². The summed E-state index contributed by atoms with van der Waals surface area (Å²) in [5.41, 5.74) is 1.45. The summed E-state index contributed by atoms with van der Waals surface area (Å²) in [7, 11) is 0. The fraction of sp³-hybridized carbons (Fsp3) is 0.300. The summed E-state index contributed by atoms with van der Waals surface area (Å²) in [5.74, 6) is -0.485. The number of carboxylic acid groups (broad SMARTS) is 1. The number of carboxylic acids is 1. The molecule has 0 atom stereocenters. The van der Waals surface area contributed by atoms with Gasteiger partial charge in [-0.05, 0) is 39.5 Å². The van der Waals surface area contributed by atoms with Crippen molar-refractivity contribution in [2.75, 3.05) is 0 Å². The molecule has 1 aromatic rings. The van der Waals surface area contributed by atoms with E-state index in [4.69, 9.17) is 5.11 Å². The molecule has 1 rings (SSSR count). The van der Waals surface area contributed by atoms with Crippen molar-refractivity contribution in [1.82, 2.24) is 0 Å². The second kappa shape index (κ2) is 3.92. The normalized spacial score (nSPS) is 10.5. The van der Waals surface area contributed by atoms with Gasteiger partial charge < -0.3 is 5.11 Å². The lowest BCUT2D eigenvalue weighted by atomic mass is 10.0. The Morgan fingerprint density at radius 3 is 2.46 bits per heavy atom. The molecule has 1 N–H and O–H groups in total. The second-order valence-electron chi connectivity index (χ2n) is 3.20. The van der Waals surface area contributed by atoms with Gasteiger partial charge in [-0.15, -0.1) is 0 Å².